The van der Waals surface area contributed by atoms with E-state index < -0.39 is 0 Å². The fourth-order valence-electron chi connectivity index (χ4n) is 3.48. The zero-order chi connectivity index (χ0) is 15.5. The molecule has 116 valence electrons. The minimum atomic E-state index is 0.158. The van der Waals surface area contributed by atoms with Crippen LogP contribution in [0.4, 0.5) is 0 Å². The second-order valence-electron chi connectivity index (χ2n) is 5.98. The van der Waals surface area contributed by atoms with Crippen LogP contribution in [0.5, 0.6) is 5.75 Å². The first-order valence-corrected chi connectivity index (χ1v) is 8.09. The highest BCUT2D eigenvalue weighted by atomic mass is 16.5. The molecule has 1 atom stereocenters. The minimum Gasteiger partial charge on any atom is -0.496 e. The first-order chi connectivity index (χ1) is 10.7. The zero-order valence-electron chi connectivity index (χ0n) is 13.3. The average Bonchev–Trinajstić information content (AvgIpc) is 2.55. The molecule has 1 aliphatic carbocycles. The summed E-state index contributed by atoms with van der Waals surface area (Å²) in [7, 11) is 1.73. The van der Waals surface area contributed by atoms with Crippen LogP contribution in [0.1, 0.15) is 43.2 Å². The Morgan fingerprint density at radius 3 is 2.95 bits per heavy atom. The fraction of sp³-hybridized carbons (Fsp3) is 0.421. The summed E-state index contributed by atoms with van der Waals surface area (Å²) in [5.74, 6) is 1.53. The standard InChI is InChI=1S/C19H23NO2/c1-3-5-18(21)20-12-14-8-10-16-17(22-2)11-9-13-6-4-7-15(14)19(13)16/h4,6-7,9,11,14H,3,5,8,10,12H2,1-2H3,(H,20,21)/t14-/m0/s1. The van der Waals surface area contributed by atoms with Crippen LogP contribution in [0.15, 0.2) is 30.3 Å². The van der Waals surface area contributed by atoms with E-state index in [1.807, 2.05) is 6.92 Å². The molecule has 0 aromatic heterocycles. The van der Waals surface area contributed by atoms with Gasteiger partial charge < -0.3 is 10.1 Å². The summed E-state index contributed by atoms with van der Waals surface area (Å²) in [6.07, 6.45) is 3.57. The largest absolute Gasteiger partial charge is 0.496 e. The predicted molar refractivity (Wildman–Crippen MR) is 89.5 cm³/mol. The van der Waals surface area contributed by atoms with E-state index in [2.05, 4.69) is 35.6 Å². The number of ether oxygens (including phenoxy) is 1. The highest BCUT2D eigenvalue weighted by molar-refractivity contribution is 5.92. The molecule has 0 fully saturated rings. The van der Waals surface area contributed by atoms with Crippen LogP contribution in [-0.2, 0) is 11.2 Å². The molecule has 1 amide bonds. The van der Waals surface area contributed by atoms with Crippen LogP contribution < -0.4 is 10.1 Å². The number of carbonyl (C=O) groups excluding carboxylic acids is 1. The predicted octanol–water partition coefficient (Wildman–Crippen LogP) is 3.79. The van der Waals surface area contributed by atoms with E-state index in [9.17, 15) is 4.79 Å². The van der Waals surface area contributed by atoms with Crippen LogP contribution in [-0.4, -0.2) is 19.6 Å². The highest BCUT2D eigenvalue weighted by Gasteiger charge is 2.24. The molecule has 0 radical (unpaired) electrons. The van der Waals surface area contributed by atoms with Gasteiger partial charge in [-0.2, -0.15) is 0 Å². The Kier molecular flexibility index (Phi) is 4.32. The molecular weight excluding hydrogens is 274 g/mol. The summed E-state index contributed by atoms with van der Waals surface area (Å²) in [6, 6.07) is 10.6. The van der Waals surface area contributed by atoms with E-state index >= 15 is 0 Å². The van der Waals surface area contributed by atoms with Gasteiger partial charge in [-0.05, 0) is 41.7 Å². The van der Waals surface area contributed by atoms with Crippen LogP contribution in [0.2, 0.25) is 0 Å². The van der Waals surface area contributed by atoms with Crippen molar-refractivity contribution in [2.24, 2.45) is 0 Å². The van der Waals surface area contributed by atoms with Crippen molar-refractivity contribution in [3.8, 4) is 5.75 Å². The van der Waals surface area contributed by atoms with E-state index in [0.29, 0.717) is 12.3 Å². The molecule has 0 heterocycles. The second-order valence-corrected chi connectivity index (χ2v) is 5.98. The van der Waals surface area contributed by atoms with Gasteiger partial charge >= 0.3 is 0 Å². The Balaban J connectivity index is 1.93. The van der Waals surface area contributed by atoms with Crippen molar-refractivity contribution in [1.82, 2.24) is 5.32 Å². The summed E-state index contributed by atoms with van der Waals surface area (Å²) in [5, 5.41) is 5.67. The maximum absolute atomic E-state index is 11.7. The highest BCUT2D eigenvalue weighted by Crippen LogP contribution is 2.40. The number of amides is 1. The number of rotatable bonds is 5. The third-order valence-corrected chi connectivity index (χ3v) is 4.57. The first kappa shape index (κ1) is 14.9. The number of hydrogen-bond donors (Lipinski definition) is 1. The molecule has 3 heteroatoms. The Labute approximate surface area is 131 Å². The van der Waals surface area contributed by atoms with Crippen LogP contribution in [0.25, 0.3) is 10.8 Å². The van der Waals surface area contributed by atoms with Gasteiger partial charge in [0.2, 0.25) is 5.91 Å². The number of methoxy groups -OCH3 is 1. The van der Waals surface area contributed by atoms with Crippen molar-refractivity contribution in [3.05, 3.63) is 41.5 Å². The van der Waals surface area contributed by atoms with Crippen molar-refractivity contribution < 1.29 is 9.53 Å². The van der Waals surface area contributed by atoms with Crippen molar-refractivity contribution in [2.45, 2.75) is 38.5 Å². The lowest BCUT2D eigenvalue weighted by Gasteiger charge is -2.27. The Morgan fingerprint density at radius 1 is 1.32 bits per heavy atom. The van der Waals surface area contributed by atoms with E-state index in [-0.39, 0.29) is 5.91 Å². The molecule has 2 aromatic rings. The number of aryl methyl sites for hydroxylation is 1. The summed E-state index contributed by atoms with van der Waals surface area (Å²) in [5.41, 5.74) is 2.65. The number of benzene rings is 2. The van der Waals surface area contributed by atoms with Crippen molar-refractivity contribution in [3.63, 3.8) is 0 Å². The van der Waals surface area contributed by atoms with Gasteiger partial charge in [-0.15, -0.1) is 0 Å². The molecule has 0 unspecified atom stereocenters. The van der Waals surface area contributed by atoms with E-state index in [1.54, 1.807) is 7.11 Å². The molecule has 0 aliphatic heterocycles. The summed E-state index contributed by atoms with van der Waals surface area (Å²) in [6.45, 7) is 2.76. The lowest BCUT2D eigenvalue weighted by atomic mass is 9.81. The molecule has 22 heavy (non-hydrogen) atoms. The van der Waals surface area contributed by atoms with E-state index in [0.717, 1.165) is 31.6 Å². The van der Waals surface area contributed by atoms with E-state index in [4.69, 9.17) is 4.74 Å². The van der Waals surface area contributed by atoms with Gasteiger partial charge in [-0.1, -0.05) is 31.2 Å². The molecule has 0 spiro atoms. The van der Waals surface area contributed by atoms with E-state index in [1.165, 1.54) is 21.9 Å². The molecule has 0 saturated carbocycles. The van der Waals surface area contributed by atoms with Gasteiger partial charge in [-0.25, -0.2) is 0 Å². The number of hydrogen-bond acceptors (Lipinski definition) is 2. The third kappa shape index (κ3) is 2.68. The number of carbonyl (C=O) groups is 1. The smallest absolute Gasteiger partial charge is 0.220 e. The average molecular weight is 297 g/mol. The topological polar surface area (TPSA) is 38.3 Å². The Bertz CT molecular complexity index is 693. The van der Waals surface area contributed by atoms with Crippen LogP contribution in [0, 0.1) is 0 Å². The summed E-state index contributed by atoms with van der Waals surface area (Å²) >= 11 is 0. The minimum absolute atomic E-state index is 0.158. The molecule has 0 saturated heterocycles. The SMILES string of the molecule is CCCC(=O)NC[C@@H]1CCc2c(OC)ccc3cccc1c23. The lowest BCUT2D eigenvalue weighted by Crippen LogP contribution is -2.29. The Hall–Kier alpha value is -2.03. The molecule has 1 aliphatic rings. The quantitative estimate of drug-likeness (QED) is 0.911. The van der Waals surface area contributed by atoms with Gasteiger partial charge in [0.25, 0.3) is 0 Å². The molecular formula is C19H23NO2. The zero-order valence-corrected chi connectivity index (χ0v) is 13.3. The van der Waals surface area contributed by atoms with Gasteiger partial charge in [0.1, 0.15) is 5.75 Å². The maximum Gasteiger partial charge on any atom is 0.220 e. The number of nitrogens with one attached hydrogen (secondary N) is 1. The molecule has 1 N–H and O–H groups in total. The molecule has 3 nitrogen and oxygen atoms in total. The second kappa shape index (κ2) is 6.39. The monoisotopic (exact) mass is 297 g/mol. The van der Waals surface area contributed by atoms with Crippen molar-refractivity contribution in [2.75, 3.05) is 13.7 Å². The van der Waals surface area contributed by atoms with Crippen molar-refractivity contribution >= 4 is 16.7 Å². The first-order valence-electron chi connectivity index (χ1n) is 8.09. The third-order valence-electron chi connectivity index (χ3n) is 4.57. The molecule has 2 aromatic carbocycles. The van der Waals surface area contributed by atoms with Gasteiger partial charge in [0, 0.05) is 24.4 Å². The van der Waals surface area contributed by atoms with Gasteiger partial charge in [0.15, 0.2) is 0 Å². The van der Waals surface area contributed by atoms with Crippen LogP contribution in [0.3, 0.4) is 0 Å². The fourth-order valence-corrected chi connectivity index (χ4v) is 3.48. The normalized spacial score (nSPS) is 16.5. The summed E-state index contributed by atoms with van der Waals surface area (Å²) < 4.78 is 5.53. The molecule has 0 bridgehead atoms. The maximum atomic E-state index is 11.7. The molecule has 3 rings (SSSR count). The summed E-state index contributed by atoms with van der Waals surface area (Å²) in [4.78, 5) is 11.7. The van der Waals surface area contributed by atoms with Gasteiger partial charge in [-0.3, -0.25) is 4.79 Å². The van der Waals surface area contributed by atoms with Crippen molar-refractivity contribution in [1.29, 1.82) is 0 Å². The lowest BCUT2D eigenvalue weighted by molar-refractivity contribution is -0.121. The van der Waals surface area contributed by atoms with Crippen LogP contribution >= 0.6 is 0 Å². The Morgan fingerprint density at radius 2 is 2.18 bits per heavy atom. The van der Waals surface area contributed by atoms with Gasteiger partial charge in [0.05, 0.1) is 7.11 Å².